The number of ether oxygens (including phenoxy) is 2. The van der Waals surface area contributed by atoms with Crippen molar-refractivity contribution in [2.45, 2.75) is 30.7 Å². The minimum atomic E-state index is -1.79. The van der Waals surface area contributed by atoms with E-state index in [0.717, 1.165) is 5.56 Å². The van der Waals surface area contributed by atoms with Crippen LogP contribution in [-0.2, 0) is 9.53 Å². The molecule has 9 heteroatoms. The van der Waals surface area contributed by atoms with Crippen LogP contribution in [0, 0.1) is 0 Å². The van der Waals surface area contributed by atoms with Crippen LogP contribution in [0.3, 0.4) is 0 Å². The van der Waals surface area contributed by atoms with E-state index < -0.39 is 36.7 Å². The van der Waals surface area contributed by atoms with Crippen LogP contribution in [0.5, 0.6) is 17.2 Å². The molecule has 1 fully saturated rings. The highest BCUT2D eigenvalue weighted by molar-refractivity contribution is 5.73. The Hall–Kier alpha value is -3.11. The van der Waals surface area contributed by atoms with Crippen molar-refractivity contribution in [2.75, 3.05) is 0 Å². The Morgan fingerprint density at radius 3 is 2.03 bits per heavy atom. The molecule has 0 aliphatic carbocycles. The lowest BCUT2D eigenvalue weighted by atomic mass is 9.99. The molecule has 29 heavy (non-hydrogen) atoms. The van der Waals surface area contributed by atoms with Gasteiger partial charge in [-0.1, -0.05) is 24.3 Å². The van der Waals surface area contributed by atoms with Gasteiger partial charge in [0.25, 0.3) is 0 Å². The van der Waals surface area contributed by atoms with Gasteiger partial charge in [0.15, 0.2) is 6.10 Å². The van der Waals surface area contributed by atoms with Gasteiger partial charge in [-0.15, -0.1) is 0 Å². The molecule has 1 saturated heterocycles. The van der Waals surface area contributed by atoms with Gasteiger partial charge in [-0.25, -0.2) is 4.79 Å². The van der Waals surface area contributed by atoms with E-state index in [4.69, 9.17) is 14.6 Å². The average Bonchev–Trinajstić information content (AvgIpc) is 2.67. The number of hydrogen-bond acceptors (Lipinski definition) is 8. The van der Waals surface area contributed by atoms with Crippen molar-refractivity contribution in [3.63, 3.8) is 0 Å². The average molecular weight is 404 g/mol. The summed E-state index contributed by atoms with van der Waals surface area (Å²) in [5.41, 5.74) is 1.35. The molecule has 2 aromatic rings. The van der Waals surface area contributed by atoms with Crippen LogP contribution in [0.25, 0.3) is 12.2 Å². The molecule has 2 aromatic carbocycles. The molecule has 0 spiro atoms. The van der Waals surface area contributed by atoms with Crippen LogP contribution in [0.15, 0.2) is 42.5 Å². The van der Waals surface area contributed by atoms with Crippen molar-refractivity contribution in [1.29, 1.82) is 0 Å². The fraction of sp³-hybridized carbons (Fsp3) is 0.250. The molecular weight excluding hydrogens is 384 g/mol. The first-order valence-electron chi connectivity index (χ1n) is 8.65. The molecule has 154 valence electrons. The number of aliphatic hydroxyl groups excluding tert-OH is 3. The van der Waals surface area contributed by atoms with Gasteiger partial charge in [0, 0.05) is 6.07 Å². The van der Waals surface area contributed by atoms with Gasteiger partial charge in [-0.05, 0) is 35.4 Å². The molecule has 1 aliphatic heterocycles. The van der Waals surface area contributed by atoms with E-state index in [9.17, 15) is 30.3 Å². The van der Waals surface area contributed by atoms with E-state index in [1.165, 1.54) is 18.2 Å². The predicted molar refractivity (Wildman–Crippen MR) is 100 cm³/mol. The van der Waals surface area contributed by atoms with E-state index in [2.05, 4.69) is 0 Å². The number of phenolic OH excluding ortho intramolecular Hbond substituents is 2. The van der Waals surface area contributed by atoms with Crippen molar-refractivity contribution >= 4 is 18.1 Å². The van der Waals surface area contributed by atoms with Crippen molar-refractivity contribution in [1.82, 2.24) is 0 Å². The summed E-state index contributed by atoms with van der Waals surface area (Å²) in [4.78, 5) is 11.1. The number of carboxylic acids is 1. The predicted octanol–water partition coefficient (Wildman–Crippen LogP) is 0.539. The minimum Gasteiger partial charge on any atom is -0.508 e. The van der Waals surface area contributed by atoms with E-state index in [-0.39, 0.29) is 17.2 Å². The fourth-order valence-electron chi connectivity index (χ4n) is 2.85. The number of carboxylic acid groups (broad SMARTS) is 1. The Balaban J connectivity index is 1.68. The highest BCUT2D eigenvalue weighted by atomic mass is 16.7. The third-order valence-electron chi connectivity index (χ3n) is 4.34. The molecule has 0 bridgehead atoms. The summed E-state index contributed by atoms with van der Waals surface area (Å²) in [5.74, 6) is -1.37. The first kappa shape index (κ1) is 20.6. The number of benzene rings is 2. The standard InChI is InChI=1S/C20H20O9/c21-12-7-11(8-13(22)9-12)2-1-10-3-5-14(6-4-10)28-20-17(25)15(23)16(24)18(29-20)19(26)27/h1-9,15-18,20-25H,(H,26,27)/t15-,16-,17-,18?,20+/m1/s1. The monoisotopic (exact) mass is 404 g/mol. The summed E-state index contributed by atoms with van der Waals surface area (Å²) in [5, 5.41) is 57.5. The molecule has 0 aromatic heterocycles. The first-order valence-corrected chi connectivity index (χ1v) is 8.65. The van der Waals surface area contributed by atoms with Gasteiger partial charge in [-0.2, -0.15) is 0 Å². The summed E-state index contributed by atoms with van der Waals surface area (Å²) in [6, 6.07) is 10.6. The van der Waals surface area contributed by atoms with Gasteiger partial charge in [0.05, 0.1) is 0 Å². The SMILES string of the molecule is O=C(O)C1O[C@H](Oc2ccc(C=Cc3cc(O)cc(O)c3)cc2)[C@H](O)[C@H](O)[C@H]1O. The number of hydrogen-bond donors (Lipinski definition) is 6. The number of phenols is 2. The molecule has 0 radical (unpaired) electrons. The molecular formula is C20H20O9. The molecule has 9 nitrogen and oxygen atoms in total. The van der Waals surface area contributed by atoms with Gasteiger partial charge >= 0.3 is 5.97 Å². The van der Waals surface area contributed by atoms with Gasteiger partial charge in [0.2, 0.25) is 6.29 Å². The van der Waals surface area contributed by atoms with Crippen LogP contribution >= 0.6 is 0 Å². The van der Waals surface area contributed by atoms with Crippen LogP contribution in [0.2, 0.25) is 0 Å². The van der Waals surface area contributed by atoms with E-state index in [1.807, 2.05) is 0 Å². The third-order valence-corrected chi connectivity index (χ3v) is 4.34. The zero-order chi connectivity index (χ0) is 21.1. The number of aliphatic carboxylic acids is 1. The molecule has 5 atom stereocenters. The Morgan fingerprint density at radius 1 is 0.862 bits per heavy atom. The molecule has 0 saturated carbocycles. The van der Waals surface area contributed by atoms with E-state index >= 15 is 0 Å². The second-order valence-corrected chi connectivity index (χ2v) is 6.54. The smallest absolute Gasteiger partial charge is 0.335 e. The Kier molecular flexibility index (Phi) is 6.04. The molecule has 1 heterocycles. The van der Waals surface area contributed by atoms with E-state index in [1.54, 1.807) is 36.4 Å². The lowest BCUT2D eigenvalue weighted by Crippen LogP contribution is -2.61. The van der Waals surface area contributed by atoms with Crippen molar-refractivity contribution in [2.24, 2.45) is 0 Å². The highest BCUT2D eigenvalue weighted by Gasteiger charge is 2.48. The Morgan fingerprint density at radius 2 is 1.45 bits per heavy atom. The van der Waals surface area contributed by atoms with Gasteiger partial charge in [-0.3, -0.25) is 0 Å². The van der Waals surface area contributed by atoms with Crippen LogP contribution < -0.4 is 4.74 Å². The Labute approximate surface area is 165 Å². The largest absolute Gasteiger partial charge is 0.508 e. The number of aliphatic hydroxyl groups is 3. The minimum absolute atomic E-state index is 0.0635. The second-order valence-electron chi connectivity index (χ2n) is 6.54. The maximum absolute atomic E-state index is 11.1. The van der Waals surface area contributed by atoms with E-state index in [0.29, 0.717) is 5.56 Å². The molecule has 1 unspecified atom stereocenters. The number of rotatable bonds is 5. The van der Waals surface area contributed by atoms with Crippen molar-refractivity contribution in [3.8, 4) is 17.2 Å². The maximum Gasteiger partial charge on any atom is 0.335 e. The quantitative estimate of drug-likeness (QED) is 0.391. The summed E-state index contributed by atoms with van der Waals surface area (Å²) < 4.78 is 10.5. The lowest BCUT2D eigenvalue weighted by molar-refractivity contribution is -0.271. The normalized spacial score (nSPS) is 27.1. The van der Waals surface area contributed by atoms with Crippen molar-refractivity contribution in [3.05, 3.63) is 53.6 Å². The van der Waals surface area contributed by atoms with Crippen LogP contribution in [0.1, 0.15) is 11.1 Å². The van der Waals surface area contributed by atoms with Gasteiger partial charge in [0.1, 0.15) is 35.6 Å². The zero-order valence-electron chi connectivity index (χ0n) is 15.0. The van der Waals surface area contributed by atoms with Crippen molar-refractivity contribution < 1.29 is 44.9 Å². The van der Waals surface area contributed by atoms with Crippen LogP contribution in [0.4, 0.5) is 0 Å². The lowest BCUT2D eigenvalue weighted by Gasteiger charge is -2.38. The zero-order valence-corrected chi connectivity index (χ0v) is 15.0. The number of aromatic hydroxyl groups is 2. The molecule has 6 N–H and O–H groups in total. The second kappa shape index (κ2) is 8.50. The van der Waals surface area contributed by atoms with Crippen LogP contribution in [-0.4, -0.2) is 67.3 Å². The summed E-state index contributed by atoms with van der Waals surface area (Å²) in [7, 11) is 0. The highest BCUT2D eigenvalue weighted by Crippen LogP contribution is 2.26. The maximum atomic E-state index is 11.1. The fourth-order valence-corrected chi connectivity index (χ4v) is 2.85. The topological polar surface area (TPSA) is 157 Å². The third kappa shape index (κ3) is 4.84. The molecule has 0 amide bonds. The summed E-state index contributed by atoms with van der Waals surface area (Å²) in [6.45, 7) is 0. The number of carbonyl (C=O) groups is 1. The van der Waals surface area contributed by atoms with Gasteiger partial charge < -0.3 is 40.1 Å². The molecule has 3 rings (SSSR count). The summed E-state index contributed by atoms with van der Waals surface area (Å²) in [6.07, 6.45) is -4.98. The molecule has 1 aliphatic rings. The first-order chi connectivity index (χ1) is 13.7. The Bertz CT molecular complexity index is 873. The summed E-state index contributed by atoms with van der Waals surface area (Å²) >= 11 is 0.